The van der Waals surface area contributed by atoms with Gasteiger partial charge >= 0.3 is 6.18 Å². The molecule has 0 aliphatic carbocycles. The topological polar surface area (TPSA) is 46.9 Å². The Morgan fingerprint density at radius 1 is 1.10 bits per heavy atom. The summed E-state index contributed by atoms with van der Waals surface area (Å²) in [4.78, 5) is 12.1. The Balaban J connectivity index is 1.80. The minimum atomic E-state index is -4.68. The SMILES string of the molecule is O=C(Cc1ccc(F)cc1F)NCc1cc(C(F)(F)F)nn1-c1cccc(Cl)c1. The monoisotopic (exact) mass is 429 g/mol. The van der Waals surface area contributed by atoms with E-state index in [2.05, 4.69) is 10.4 Å². The van der Waals surface area contributed by atoms with Gasteiger partial charge in [0.05, 0.1) is 24.3 Å². The lowest BCUT2D eigenvalue weighted by atomic mass is 10.1. The third kappa shape index (κ3) is 5.11. The molecule has 0 saturated carbocycles. The summed E-state index contributed by atoms with van der Waals surface area (Å²) in [5.41, 5.74) is -0.844. The first-order valence-corrected chi connectivity index (χ1v) is 8.64. The highest BCUT2D eigenvalue weighted by Crippen LogP contribution is 2.30. The van der Waals surface area contributed by atoms with E-state index >= 15 is 0 Å². The maximum absolute atomic E-state index is 13.7. The molecular formula is C19H13ClF5N3O. The number of alkyl halides is 3. The van der Waals surface area contributed by atoms with Gasteiger partial charge in [0.15, 0.2) is 5.69 Å². The zero-order valence-electron chi connectivity index (χ0n) is 14.6. The third-order valence-electron chi connectivity index (χ3n) is 3.96. The highest BCUT2D eigenvalue weighted by molar-refractivity contribution is 6.30. The molecule has 10 heteroatoms. The first-order chi connectivity index (χ1) is 13.6. The van der Waals surface area contributed by atoms with Crippen LogP contribution in [-0.2, 0) is 23.9 Å². The maximum atomic E-state index is 13.7. The molecule has 0 aliphatic rings. The lowest BCUT2D eigenvalue weighted by molar-refractivity contribution is -0.141. The third-order valence-corrected chi connectivity index (χ3v) is 4.19. The van der Waals surface area contributed by atoms with Gasteiger partial charge in [0.25, 0.3) is 0 Å². The molecule has 0 saturated heterocycles. The van der Waals surface area contributed by atoms with Crippen molar-refractivity contribution >= 4 is 17.5 Å². The summed E-state index contributed by atoms with van der Waals surface area (Å²) < 4.78 is 66.9. The summed E-state index contributed by atoms with van der Waals surface area (Å²) >= 11 is 5.89. The average molecular weight is 430 g/mol. The number of rotatable bonds is 5. The van der Waals surface area contributed by atoms with Crippen LogP contribution in [0, 0.1) is 11.6 Å². The molecule has 4 nitrogen and oxygen atoms in total. The van der Waals surface area contributed by atoms with Crippen LogP contribution < -0.4 is 5.32 Å². The number of carbonyl (C=O) groups is 1. The van der Waals surface area contributed by atoms with Gasteiger partial charge in [0.1, 0.15) is 11.6 Å². The molecule has 0 aliphatic heterocycles. The Labute approximate surface area is 166 Å². The normalized spacial score (nSPS) is 11.5. The summed E-state index contributed by atoms with van der Waals surface area (Å²) in [5, 5.41) is 6.28. The molecule has 0 atom stereocenters. The molecule has 0 spiro atoms. The van der Waals surface area contributed by atoms with Crippen molar-refractivity contribution in [1.82, 2.24) is 15.1 Å². The molecule has 1 amide bonds. The number of halogens is 6. The van der Waals surface area contributed by atoms with Crippen molar-refractivity contribution in [2.24, 2.45) is 0 Å². The summed E-state index contributed by atoms with van der Waals surface area (Å²) in [6.45, 7) is -0.294. The van der Waals surface area contributed by atoms with Gasteiger partial charge in [-0.2, -0.15) is 18.3 Å². The van der Waals surface area contributed by atoms with Gasteiger partial charge in [0.2, 0.25) is 5.91 Å². The van der Waals surface area contributed by atoms with Crippen molar-refractivity contribution in [1.29, 1.82) is 0 Å². The summed E-state index contributed by atoms with van der Waals surface area (Å²) in [7, 11) is 0. The van der Waals surface area contributed by atoms with Gasteiger partial charge in [-0.05, 0) is 35.9 Å². The van der Waals surface area contributed by atoms with Crippen LogP contribution >= 0.6 is 11.6 Å². The second-order valence-electron chi connectivity index (χ2n) is 6.10. The average Bonchev–Trinajstić information content (AvgIpc) is 3.07. The number of benzene rings is 2. The van der Waals surface area contributed by atoms with Crippen LogP contribution in [0.2, 0.25) is 5.02 Å². The molecule has 1 heterocycles. The molecule has 0 radical (unpaired) electrons. The fourth-order valence-electron chi connectivity index (χ4n) is 2.61. The molecule has 1 aromatic heterocycles. The van der Waals surface area contributed by atoms with Crippen LogP contribution in [-0.4, -0.2) is 15.7 Å². The van der Waals surface area contributed by atoms with Crippen molar-refractivity contribution in [2.75, 3.05) is 0 Å². The summed E-state index contributed by atoms with van der Waals surface area (Å²) in [6, 6.07) is 9.63. The zero-order chi connectivity index (χ0) is 21.2. The summed E-state index contributed by atoms with van der Waals surface area (Å²) in [5.74, 6) is -2.32. The minimum Gasteiger partial charge on any atom is -0.350 e. The quantitative estimate of drug-likeness (QED) is 0.599. The molecule has 152 valence electrons. The van der Waals surface area contributed by atoms with E-state index in [4.69, 9.17) is 11.6 Å². The van der Waals surface area contributed by atoms with E-state index in [-0.39, 0.29) is 23.5 Å². The van der Waals surface area contributed by atoms with Crippen LogP contribution in [0.15, 0.2) is 48.5 Å². The lowest BCUT2D eigenvalue weighted by Crippen LogP contribution is -2.26. The fraction of sp³-hybridized carbons (Fsp3) is 0.158. The van der Waals surface area contributed by atoms with Crippen molar-refractivity contribution in [3.8, 4) is 5.69 Å². The summed E-state index contributed by atoms with van der Waals surface area (Å²) in [6.07, 6.45) is -5.08. The van der Waals surface area contributed by atoms with Crippen LogP contribution in [0.4, 0.5) is 22.0 Å². The Morgan fingerprint density at radius 2 is 1.86 bits per heavy atom. The first-order valence-electron chi connectivity index (χ1n) is 8.26. The van der Waals surface area contributed by atoms with Crippen molar-refractivity contribution in [2.45, 2.75) is 19.1 Å². The smallest absolute Gasteiger partial charge is 0.350 e. The predicted octanol–water partition coefficient (Wildman–Crippen LogP) is 4.68. The number of amides is 1. The van der Waals surface area contributed by atoms with Crippen LogP contribution in [0.5, 0.6) is 0 Å². The van der Waals surface area contributed by atoms with Gasteiger partial charge < -0.3 is 5.32 Å². The second kappa shape index (κ2) is 8.20. The van der Waals surface area contributed by atoms with E-state index in [1.54, 1.807) is 12.1 Å². The van der Waals surface area contributed by atoms with Crippen molar-refractivity contribution < 1.29 is 26.7 Å². The van der Waals surface area contributed by atoms with E-state index in [9.17, 15) is 26.7 Å². The second-order valence-corrected chi connectivity index (χ2v) is 6.54. The fourth-order valence-corrected chi connectivity index (χ4v) is 2.79. The number of nitrogens with zero attached hydrogens (tertiary/aromatic N) is 2. The van der Waals surface area contributed by atoms with E-state index in [1.807, 2.05) is 0 Å². The number of hydrogen-bond acceptors (Lipinski definition) is 2. The van der Waals surface area contributed by atoms with E-state index in [0.29, 0.717) is 11.1 Å². The molecule has 1 N–H and O–H groups in total. The molecular weight excluding hydrogens is 417 g/mol. The van der Waals surface area contributed by atoms with Gasteiger partial charge in [-0.3, -0.25) is 4.79 Å². The van der Waals surface area contributed by atoms with Gasteiger partial charge in [0, 0.05) is 11.1 Å². The highest BCUT2D eigenvalue weighted by Gasteiger charge is 2.35. The van der Waals surface area contributed by atoms with Gasteiger partial charge in [-0.25, -0.2) is 13.5 Å². The Hall–Kier alpha value is -2.94. The molecule has 2 aromatic carbocycles. The Bertz CT molecular complexity index is 1050. The molecule has 29 heavy (non-hydrogen) atoms. The maximum Gasteiger partial charge on any atom is 0.435 e. The van der Waals surface area contributed by atoms with Gasteiger partial charge in [-0.15, -0.1) is 0 Å². The van der Waals surface area contributed by atoms with E-state index in [1.165, 1.54) is 12.1 Å². The van der Waals surface area contributed by atoms with Crippen LogP contribution in [0.3, 0.4) is 0 Å². The first kappa shape index (κ1) is 20.8. The number of aromatic nitrogens is 2. The largest absolute Gasteiger partial charge is 0.435 e. The minimum absolute atomic E-state index is 0.0387. The number of carbonyl (C=O) groups excluding carboxylic acids is 1. The Kier molecular flexibility index (Phi) is 5.88. The van der Waals surface area contributed by atoms with Crippen LogP contribution in [0.25, 0.3) is 5.69 Å². The van der Waals surface area contributed by atoms with E-state index in [0.717, 1.165) is 22.9 Å². The zero-order valence-corrected chi connectivity index (χ0v) is 15.4. The van der Waals surface area contributed by atoms with E-state index < -0.39 is 35.8 Å². The predicted molar refractivity (Wildman–Crippen MR) is 95.5 cm³/mol. The number of hydrogen-bond donors (Lipinski definition) is 1. The number of nitrogens with one attached hydrogen (secondary N) is 1. The molecule has 0 fully saturated rings. The van der Waals surface area contributed by atoms with Crippen LogP contribution in [0.1, 0.15) is 17.0 Å². The van der Waals surface area contributed by atoms with Crippen molar-refractivity contribution in [3.63, 3.8) is 0 Å². The molecule has 0 bridgehead atoms. The lowest BCUT2D eigenvalue weighted by Gasteiger charge is -2.09. The van der Waals surface area contributed by atoms with Crippen molar-refractivity contribution in [3.05, 3.63) is 82.1 Å². The highest BCUT2D eigenvalue weighted by atomic mass is 35.5. The Morgan fingerprint density at radius 3 is 2.52 bits per heavy atom. The molecule has 0 unspecified atom stereocenters. The standard InChI is InChI=1S/C19H13ClF5N3O/c20-12-2-1-3-14(7-12)28-15(9-17(27-28)19(23,24)25)10-26-18(29)6-11-4-5-13(21)8-16(11)22/h1-5,7-9H,6,10H2,(H,26,29). The molecule has 3 rings (SSSR count). The van der Waals surface area contributed by atoms with Gasteiger partial charge in [-0.1, -0.05) is 23.7 Å². The molecule has 3 aromatic rings.